The molecular formula is C17H23NO3. The first-order valence-electron chi connectivity index (χ1n) is 6.95. The molecule has 0 saturated heterocycles. The van der Waals surface area contributed by atoms with Crippen molar-refractivity contribution >= 4 is 18.0 Å². The van der Waals surface area contributed by atoms with E-state index in [4.69, 9.17) is 4.74 Å². The predicted molar refractivity (Wildman–Crippen MR) is 83.7 cm³/mol. The highest BCUT2D eigenvalue weighted by Crippen LogP contribution is 2.06. The van der Waals surface area contributed by atoms with Crippen LogP contribution in [-0.4, -0.2) is 23.5 Å². The molecule has 0 fully saturated rings. The Labute approximate surface area is 126 Å². The first kappa shape index (κ1) is 17.0. The van der Waals surface area contributed by atoms with E-state index in [1.54, 1.807) is 13.0 Å². The van der Waals surface area contributed by atoms with E-state index in [-0.39, 0.29) is 11.4 Å². The number of benzene rings is 1. The van der Waals surface area contributed by atoms with Crippen LogP contribution in [0, 0.1) is 6.92 Å². The highest BCUT2D eigenvalue weighted by molar-refractivity contribution is 5.90. The number of carbonyl (C=O) groups excluding carboxylic acids is 2. The molecule has 4 nitrogen and oxygen atoms in total. The number of esters is 1. The molecule has 4 heteroatoms. The lowest BCUT2D eigenvalue weighted by atomic mass is 10.1. The molecule has 0 bridgehead atoms. The van der Waals surface area contributed by atoms with Crippen LogP contribution in [0.2, 0.25) is 0 Å². The van der Waals surface area contributed by atoms with Gasteiger partial charge in [0.1, 0.15) is 0 Å². The third-order valence-corrected chi connectivity index (χ3v) is 2.61. The SMILES string of the molecule is Cc1cccc(/C=C/C(=O)O[C@@H](C)C(=O)NC(C)(C)C)c1. The summed E-state index contributed by atoms with van der Waals surface area (Å²) in [5.41, 5.74) is 1.68. The summed E-state index contributed by atoms with van der Waals surface area (Å²) in [4.78, 5) is 23.5. The number of hydrogen-bond donors (Lipinski definition) is 1. The van der Waals surface area contributed by atoms with Crippen molar-refractivity contribution in [3.05, 3.63) is 41.5 Å². The second-order valence-electron chi connectivity index (χ2n) is 6.07. The second-order valence-corrected chi connectivity index (χ2v) is 6.07. The van der Waals surface area contributed by atoms with E-state index >= 15 is 0 Å². The number of rotatable bonds is 4. The number of carbonyl (C=O) groups is 2. The lowest BCUT2D eigenvalue weighted by Crippen LogP contribution is -2.46. The third-order valence-electron chi connectivity index (χ3n) is 2.61. The Morgan fingerprint density at radius 1 is 1.29 bits per heavy atom. The molecule has 0 radical (unpaired) electrons. The minimum atomic E-state index is -0.820. The highest BCUT2D eigenvalue weighted by atomic mass is 16.5. The van der Waals surface area contributed by atoms with E-state index in [1.807, 2.05) is 52.0 Å². The van der Waals surface area contributed by atoms with Crippen LogP contribution in [0.3, 0.4) is 0 Å². The van der Waals surface area contributed by atoms with Crippen LogP contribution in [0.5, 0.6) is 0 Å². The number of aryl methyl sites for hydroxylation is 1. The van der Waals surface area contributed by atoms with Gasteiger partial charge in [-0.1, -0.05) is 29.8 Å². The Hall–Kier alpha value is -2.10. The van der Waals surface area contributed by atoms with Crippen molar-refractivity contribution in [2.75, 3.05) is 0 Å². The summed E-state index contributed by atoms with van der Waals surface area (Å²) in [7, 11) is 0. The van der Waals surface area contributed by atoms with E-state index in [9.17, 15) is 9.59 Å². The maximum absolute atomic E-state index is 11.8. The topological polar surface area (TPSA) is 55.4 Å². The quantitative estimate of drug-likeness (QED) is 0.685. The Balaban J connectivity index is 2.55. The van der Waals surface area contributed by atoms with Gasteiger partial charge in [0.2, 0.25) is 0 Å². The van der Waals surface area contributed by atoms with Crippen LogP contribution in [0.15, 0.2) is 30.3 Å². The zero-order valence-corrected chi connectivity index (χ0v) is 13.3. The molecule has 1 aromatic rings. The van der Waals surface area contributed by atoms with E-state index in [1.165, 1.54) is 6.08 Å². The summed E-state index contributed by atoms with van der Waals surface area (Å²) < 4.78 is 5.07. The molecule has 1 aromatic carbocycles. The zero-order valence-electron chi connectivity index (χ0n) is 13.3. The Kier molecular flexibility index (Phi) is 5.70. The monoisotopic (exact) mass is 289 g/mol. The van der Waals surface area contributed by atoms with Gasteiger partial charge in [-0.3, -0.25) is 4.79 Å². The van der Waals surface area contributed by atoms with Gasteiger partial charge < -0.3 is 10.1 Å². The third kappa shape index (κ3) is 6.75. The molecule has 0 aliphatic heterocycles. The second kappa shape index (κ2) is 7.07. The van der Waals surface area contributed by atoms with E-state index < -0.39 is 12.1 Å². The van der Waals surface area contributed by atoms with E-state index in [2.05, 4.69) is 5.32 Å². The van der Waals surface area contributed by atoms with Crippen molar-refractivity contribution < 1.29 is 14.3 Å². The van der Waals surface area contributed by atoms with Crippen molar-refractivity contribution in [2.45, 2.75) is 46.3 Å². The lowest BCUT2D eigenvalue weighted by Gasteiger charge is -2.22. The number of hydrogen-bond acceptors (Lipinski definition) is 3. The van der Waals surface area contributed by atoms with Gasteiger partial charge >= 0.3 is 5.97 Å². The molecule has 114 valence electrons. The average Bonchev–Trinajstić information content (AvgIpc) is 2.34. The summed E-state index contributed by atoms with van der Waals surface area (Å²) in [6, 6.07) is 7.75. The summed E-state index contributed by atoms with van der Waals surface area (Å²) >= 11 is 0. The average molecular weight is 289 g/mol. The maximum atomic E-state index is 11.8. The fourth-order valence-corrected chi connectivity index (χ4v) is 1.68. The first-order chi connectivity index (χ1) is 9.67. The van der Waals surface area contributed by atoms with E-state index in [0.717, 1.165) is 11.1 Å². The van der Waals surface area contributed by atoms with Gasteiger partial charge in [-0.15, -0.1) is 0 Å². The largest absolute Gasteiger partial charge is 0.449 e. The molecule has 21 heavy (non-hydrogen) atoms. The van der Waals surface area contributed by atoms with Gasteiger partial charge in [0.15, 0.2) is 6.10 Å². The molecular weight excluding hydrogens is 266 g/mol. The number of ether oxygens (including phenoxy) is 1. The molecule has 1 amide bonds. The lowest BCUT2D eigenvalue weighted by molar-refractivity contribution is -0.150. The predicted octanol–water partition coefficient (Wildman–Crippen LogP) is 2.85. The molecule has 0 aliphatic carbocycles. The molecule has 0 unspecified atom stereocenters. The standard InChI is InChI=1S/C17H23NO3/c1-12-7-6-8-14(11-12)9-10-15(19)21-13(2)16(20)18-17(3,4)5/h6-11,13H,1-5H3,(H,18,20)/b10-9+/t13-/m0/s1. The number of amides is 1. The molecule has 1 rings (SSSR count). The van der Waals surface area contributed by atoms with Gasteiger partial charge in [0.25, 0.3) is 5.91 Å². The minimum absolute atomic E-state index is 0.306. The van der Waals surface area contributed by atoms with Crippen LogP contribution < -0.4 is 5.32 Å². The Morgan fingerprint density at radius 3 is 2.52 bits per heavy atom. The molecule has 1 N–H and O–H groups in total. The molecule has 0 spiro atoms. The molecule has 0 aliphatic rings. The zero-order chi connectivity index (χ0) is 16.0. The fraction of sp³-hybridized carbons (Fsp3) is 0.412. The summed E-state index contributed by atoms with van der Waals surface area (Å²) in [5, 5.41) is 2.77. The fourth-order valence-electron chi connectivity index (χ4n) is 1.68. The van der Waals surface area contributed by atoms with Gasteiger partial charge in [0, 0.05) is 11.6 Å². The van der Waals surface area contributed by atoms with Crippen LogP contribution in [0.25, 0.3) is 6.08 Å². The van der Waals surface area contributed by atoms with Crippen molar-refractivity contribution in [1.82, 2.24) is 5.32 Å². The molecule has 0 saturated carbocycles. The molecule has 1 atom stereocenters. The van der Waals surface area contributed by atoms with Gasteiger partial charge in [-0.05, 0) is 46.3 Å². The first-order valence-corrected chi connectivity index (χ1v) is 6.95. The molecule has 0 aromatic heterocycles. The van der Waals surface area contributed by atoms with Crippen LogP contribution in [0.4, 0.5) is 0 Å². The van der Waals surface area contributed by atoms with Crippen LogP contribution >= 0.6 is 0 Å². The van der Waals surface area contributed by atoms with Crippen LogP contribution in [-0.2, 0) is 14.3 Å². The Morgan fingerprint density at radius 2 is 1.95 bits per heavy atom. The summed E-state index contributed by atoms with van der Waals surface area (Å²) in [6.45, 7) is 9.15. The highest BCUT2D eigenvalue weighted by Gasteiger charge is 2.21. The Bertz CT molecular complexity index is 541. The van der Waals surface area contributed by atoms with Gasteiger partial charge in [0.05, 0.1) is 0 Å². The van der Waals surface area contributed by atoms with Crippen molar-refractivity contribution in [1.29, 1.82) is 0 Å². The summed E-state index contributed by atoms with van der Waals surface area (Å²) in [6.07, 6.45) is 2.18. The maximum Gasteiger partial charge on any atom is 0.331 e. The number of nitrogens with one attached hydrogen (secondary N) is 1. The molecule has 0 heterocycles. The van der Waals surface area contributed by atoms with Crippen molar-refractivity contribution in [2.24, 2.45) is 0 Å². The summed E-state index contributed by atoms with van der Waals surface area (Å²) in [5.74, 6) is -0.840. The van der Waals surface area contributed by atoms with Gasteiger partial charge in [-0.25, -0.2) is 4.79 Å². The van der Waals surface area contributed by atoms with Crippen LogP contribution in [0.1, 0.15) is 38.8 Å². The van der Waals surface area contributed by atoms with E-state index in [0.29, 0.717) is 0 Å². The normalized spacial score (nSPS) is 13.0. The van der Waals surface area contributed by atoms with Crippen molar-refractivity contribution in [3.8, 4) is 0 Å². The van der Waals surface area contributed by atoms with Crippen molar-refractivity contribution in [3.63, 3.8) is 0 Å². The van der Waals surface area contributed by atoms with Gasteiger partial charge in [-0.2, -0.15) is 0 Å². The smallest absolute Gasteiger partial charge is 0.331 e. The minimum Gasteiger partial charge on any atom is -0.449 e.